The first kappa shape index (κ1) is 14.3. The van der Waals surface area contributed by atoms with Crippen molar-refractivity contribution in [3.05, 3.63) is 11.8 Å². The molecule has 0 aliphatic heterocycles. The third kappa shape index (κ3) is 2.36. The molecule has 8 nitrogen and oxygen atoms in total. The average Bonchev–Trinajstić information content (AvgIpc) is 3.11. The summed E-state index contributed by atoms with van der Waals surface area (Å²) in [5.41, 5.74) is 0.540. The molecular weight excluding hydrogens is 308 g/mol. The molecule has 0 spiro atoms. The van der Waals surface area contributed by atoms with Gasteiger partial charge in [-0.3, -0.25) is 10.4 Å². The van der Waals surface area contributed by atoms with Crippen molar-refractivity contribution in [2.45, 2.75) is 50.7 Å². The van der Waals surface area contributed by atoms with Crippen LogP contribution >= 0.6 is 0 Å². The standard InChI is InChI=1S/C16H22N6O2/c1-8-2-12(21-20-8)17-15-19-14(22-24-15)18-13-10-3-9-4-11(13)7-16(23,5-9)6-10/h2,9-11,13,23H,3-7H2,1H3,(H3,17,18,19,20,21,22). The molecule has 2 heterocycles. The fourth-order valence-electron chi connectivity index (χ4n) is 5.29. The number of nitrogens with one attached hydrogen (secondary N) is 3. The summed E-state index contributed by atoms with van der Waals surface area (Å²) in [5, 5.41) is 28.1. The minimum Gasteiger partial charge on any atom is -0.390 e. The van der Waals surface area contributed by atoms with Crippen molar-refractivity contribution in [1.82, 2.24) is 20.3 Å². The summed E-state index contributed by atoms with van der Waals surface area (Å²) < 4.78 is 5.25. The Bertz CT molecular complexity index is 739. The topological polar surface area (TPSA) is 112 Å². The van der Waals surface area contributed by atoms with Crippen LogP contribution in [0.5, 0.6) is 0 Å². The summed E-state index contributed by atoms with van der Waals surface area (Å²) in [6.07, 6.45) is 5.18. The van der Waals surface area contributed by atoms with Gasteiger partial charge in [0.05, 0.1) is 5.60 Å². The van der Waals surface area contributed by atoms with E-state index >= 15 is 0 Å². The highest BCUT2D eigenvalue weighted by molar-refractivity contribution is 5.47. The maximum Gasteiger partial charge on any atom is 0.328 e. The van der Waals surface area contributed by atoms with Gasteiger partial charge < -0.3 is 14.9 Å². The summed E-state index contributed by atoms with van der Waals surface area (Å²) >= 11 is 0. The number of aromatic nitrogens is 4. The minimum atomic E-state index is -0.420. The van der Waals surface area contributed by atoms with Crippen LogP contribution in [-0.4, -0.2) is 37.1 Å². The molecule has 4 N–H and O–H groups in total. The first-order valence-corrected chi connectivity index (χ1v) is 8.68. The summed E-state index contributed by atoms with van der Waals surface area (Å²) in [6, 6.07) is 2.53. The zero-order valence-electron chi connectivity index (χ0n) is 13.6. The molecule has 0 amide bonds. The average molecular weight is 330 g/mol. The molecule has 0 radical (unpaired) electrons. The summed E-state index contributed by atoms with van der Waals surface area (Å²) in [5.74, 6) is 2.86. The van der Waals surface area contributed by atoms with Crippen LogP contribution in [0, 0.1) is 24.7 Å². The van der Waals surface area contributed by atoms with E-state index in [1.165, 1.54) is 12.8 Å². The van der Waals surface area contributed by atoms with E-state index < -0.39 is 5.60 Å². The number of hydrogen-bond donors (Lipinski definition) is 4. The van der Waals surface area contributed by atoms with Crippen LogP contribution in [0.2, 0.25) is 0 Å². The van der Waals surface area contributed by atoms with Crippen molar-refractivity contribution in [2.75, 3.05) is 10.6 Å². The number of anilines is 3. The van der Waals surface area contributed by atoms with Gasteiger partial charge in [-0.2, -0.15) is 10.1 Å². The van der Waals surface area contributed by atoms with E-state index in [1.807, 2.05) is 13.0 Å². The molecule has 8 heteroatoms. The zero-order chi connectivity index (χ0) is 16.3. The van der Waals surface area contributed by atoms with Gasteiger partial charge in [0, 0.05) is 17.8 Å². The van der Waals surface area contributed by atoms with Crippen molar-refractivity contribution in [3.63, 3.8) is 0 Å². The van der Waals surface area contributed by atoms with Crippen LogP contribution in [-0.2, 0) is 0 Å². The summed E-state index contributed by atoms with van der Waals surface area (Å²) in [6.45, 7) is 1.93. The van der Waals surface area contributed by atoms with E-state index in [2.05, 4.69) is 31.0 Å². The molecule has 24 heavy (non-hydrogen) atoms. The van der Waals surface area contributed by atoms with Gasteiger partial charge in [0.2, 0.25) is 0 Å². The number of aliphatic hydroxyl groups is 1. The molecule has 4 bridgehead atoms. The molecule has 4 saturated carbocycles. The number of H-pyrrole nitrogens is 1. The van der Waals surface area contributed by atoms with Gasteiger partial charge >= 0.3 is 6.01 Å². The van der Waals surface area contributed by atoms with Gasteiger partial charge in [-0.05, 0) is 61.9 Å². The fraction of sp³-hybridized carbons (Fsp3) is 0.688. The lowest BCUT2D eigenvalue weighted by Gasteiger charge is -2.57. The molecule has 6 rings (SSSR count). The van der Waals surface area contributed by atoms with Crippen LogP contribution in [0.25, 0.3) is 0 Å². The third-order valence-electron chi connectivity index (χ3n) is 5.90. The molecule has 4 aliphatic rings. The highest BCUT2D eigenvalue weighted by atomic mass is 16.5. The van der Waals surface area contributed by atoms with Gasteiger partial charge in [0.1, 0.15) is 0 Å². The summed E-state index contributed by atoms with van der Waals surface area (Å²) in [7, 11) is 0. The largest absolute Gasteiger partial charge is 0.390 e. The number of rotatable bonds is 4. The highest BCUT2D eigenvalue weighted by Gasteiger charge is 2.54. The Kier molecular flexibility index (Phi) is 2.94. The second-order valence-corrected chi connectivity index (χ2v) is 7.85. The summed E-state index contributed by atoms with van der Waals surface area (Å²) in [4.78, 5) is 4.37. The molecule has 0 aromatic carbocycles. The Morgan fingerprint density at radius 2 is 2.08 bits per heavy atom. The van der Waals surface area contributed by atoms with Crippen molar-refractivity contribution in [3.8, 4) is 0 Å². The van der Waals surface area contributed by atoms with Gasteiger partial charge in [-0.25, -0.2) is 0 Å². The first-order chi connectivity index (χ1) is 11.6. The monoisotopic (exact) mass is 330 g/mol. The quantitative estimate of drug-likeness (QED) is 0.680. The lowest BCUT2D eigenvalue weighted by Crippen LogP contribution is -2.59. The molecule has 128 valence electrons. The smallest absolute Gasteiger partial charge is 0.328 e. The normalized spacial score (nSPS) is 36.9. The van der Waals surface area contributed by atoms with Crippen LogP contribution in [0.15, 0.2) is 10.6 Å². The predicted molar refractivity (Wildman–Crippen MR) is 86.8 cm³/mol. The van der Waals surface area contributed by atoms with E-state index in [0.717, 1.165) is 25.0 Å². The van der Waals surface area contributed by atoms with Crippen LogP contribution in [0.4, 0.5) is 17.8 Å². The fourth-order valence-corrected chi connectivity index (χ4v) is 5.29. The Morgan fingerprint density at radius 1 is 1.29 bits per heavy atom. The number of nitrogens with zero attached hydrogens (tertiary/aromatic N) is 3. The maximum absolute atomic E-state index is 10.7. The minimum absolute atomic E-state index is 0.325. The van der Waals surface area contributed by atoms with Crippen LogP contribution in [0.3, 0.4) is 0 Å². The maximum atomic E-state index is 10.7. The zero-order valence-corrected chi connectivity index (χ0v) is 13.6. The van der Waals surface area contributed by atoms with E-state index in [0.29, 0.717) is 41.6 Å². The second kappa shape index (κ2) is 4.95. The first-order valence-electron chi connectivity index (χ1n) is 8.68. The molecule has 2 unspecified atom stereocenters. The van der Waals surface area contributed by atoms with Gasteiger partial charge in [0.25, 0.3) is 5.95 Å². The van der Waals surface area contributed by atoms with Crippen molar-refractivity contribution < 1.29 is 9.63 Å². The molecular formula is C16H22N6O2. The van der Waals surface area contributed by atoms with E-state index in [4.69, 9.17) is 4.52 Å². The van der Waals surface area contributed by atoms with Crippen LogP contribution < -0.4 is 10.6 Å². The second-order valence-electron chi connectivity index (χ2n) is 7.85. The third-order valence-corrected chi connectivity index (χ3v) is 5.90. The Morgan fingerprint density at radius 3 is 2.75 bits per heavy atom. The lowest BCUT2D eigenvalue weighted by atomic mass is 9.52. The van der Waals surface area contributed by atoms with Gasteiger partial charge in [-0.15, -0.1) is 0 Å². The molecule has 2 aromatic heterocycles. The predicted octanol–water partition coefficient (Wildman–Crippen LogP) is 2.20. The van der Waals surface area contributed by atoms with E-state index in [1.54, 1.807) is 0 Å². The highest BCUT2D eigenvalue weighted by Crippen LogP contribution is 2.56. The lowest BCUT2D eigenvalue weighted by molar-refractivity contribution is -0.129. The van der Waals surface area contributed by atoms with Crippen LogP contribution in [0.1, 0.15) is 37.8 Å². The van der Waals surface area contributed by atoms with Gasteiger partial charge in [0.15, 0.2) is 5.82 Å². The molecule has 2 aromatic rings. The van der Waals surface area contributed by atoms with Gasteiger partial charge in [-0.1, -0.05) is 0 Å². The van der Waals surface area contributed by atoms with Crippen molar-refractivity contribution in [2.24, 2.45) is 17.8 Å². The van der Waals surface area contributed by atoms with Crippen molar-refractivity contribution in [1.29, 1.82) is 0 Å². The Labute approximate surface area is 139 Å². The number of hydrogen-bond acceptors (Lipinski definition) is 7. The Balaban J connectivity index is 1.29. The molecule has 2 atom stereocenters. The van der Waals surface area contributed by atoms with E-state index in [-0.39, 0.29) is 0 Å². The molecule has 4 aliphatic carbocycles. The number of aromatic amines is 1. The van der Waals surface area contributed by atoms with Crippen molar-refractivity contribution >= 4 is 17.8 Å². The Hall–Kier alpha value is -2.09. The molecule has 4 fully saturated rings. The number of aryl methyl sites for hydroxylation is 1. The van der Waals surface area contributed by atoms with E-state index in [9.17, 15) is 5.11 Å². The SMILES string of the molecule is Cc1cc(Nc2nc(NC3C4CC5CC3CC(O)(C5)C4)no2)n[nH]1. The molecule has 0 saturated heterocycles.